The number of hydrogen-bond donors (Lipinski definition) is 2. The van der Waals surface area contributed by atoms with Gasteiger partial charge in [0.15, 0.2) is 0 Å². The van der Waals surface area contributed by atoms with E-state index in [1.165, 1.54) is 6.07 Å². The minimum Gasteiger partial charge on any atom is -0.349 e. The van der Waals surface area contributed by atoms with E-state index in [9.17, 15) is 9.18 Å². The summed E-state index contributed by atoms with van der Waals surface area (Å²) in [7, 11) is 0. The van der Waals surface area contributed by atoms with E-state index in [-0.39, 0.29) is 23.8 Å². The van der Waals surface area contributed by atoms with Crippen molar-refractivity contribution in [2.24, 2.45) is 5.73 Å². The predicted molar refractivity (Wildman–Crippen MR) is 68.5 cm³/mol. The van der Waals surface area contributed by atoms with Crippen LogP contribution in [0.15, 0.2) is 18.2 Å². The average Bonchev–Trinajstić information content (AvgIpc) is 2.69. The molecule has 0 heterocycles. The first-order valence-corrected chi connectivity index (χ1v) is 6.39. The van der Waals surface area contributed by atoms with E-state index in [4.69, 9.17) is 5.73 Å². The number of rotatable bonds is 4. The zero-order valence-electron chi connectivity index (χ0n) is 10.6. The SMILES string of the molecule is CC(N)CCC(=O)NC1CCc2cc(F)ccc21. The molecule has 3 N–H and O–H groups in total. The molecule has 0 spiro atoms. The van der Waals surface area contributed by atoms with Gasteiger partial charge in [0.1, 0.15) is 5.82 Å². The predicted octanol–water partition coefficient (Wildman–Crippen LogP) is 2.06. The van der Waals surface area contributed by atoms with E-state index in [1.807, 2.05) is 6.92 Å². The summed E-state index contributed by atoms with van der Waals surface area (Å²) in [6, 6.07) is 4.85. The lowest BCUT2D eigenvalue weighted by molar-refractivity contribution is -0.122. The molecule has 0 saturated carbocycles. The molecule has 0 bridgehead atoms. The summed E-state index contributed by atoms with van der Waals surface area (Å²) in [6.45, 7) is 1.89. The molecule has 2 atom stereocenters. The Balaban J connectivity index is 1.95. The van der Waals surface area contributed by atoms with Crippen molar-refractivity contribution in [2.45, 2.75) is 44.7 Å². The summed E-state index contributed by atoms with van der Waals surface area (Å²) in [5.41, 5.74) is 7.67. The third kappa shape index (κ3) is 3.07. The highest BCUT2D eigenvalue weighted by Crippen LogP contribution is 2.31. The second kappa shape index (κ2) is 5.48. The molecule has 2 rings (SSSR count). The van der Waals surface area contributed by atoms with Gasteiger partial charge in [0.05, 0.1) is 6.04 Å². The molecule has 0 radical (unpaired) electrons. The van der Waals surface area contributed by atoms with Crippen LogP contribution in [0.3, 0.4) is 0 Å². The third-order valence-electron chi connectivity index (χ3n) is 3.34. The van der Waals surface area contributed by atoms with Gasteiger partial charge in [-0.3, -0.25) is 4.79 Å². The van der Waals surface area contributed by atoms with E-state index in [0.717, 1.165) is 24.0 Å². The van der Waals surface area contributed by atoms with Crippen molar-refractivity contribution in [3.8, 4) is 0 Å². The molecule has 98 valence electrons. The molecule has 0 aromatic heterocycles. The molecule has 1 aliphatic rings. The summed E-state index contributed by atoms with van der Waals surface area (Å²) in [5, 5.41) is 2.99. The molecule has 1 aliphatic carbocycles. The molecule has 2 unspecified atom stereocenters. The Morgan fingerprint density at radius 1 is 1.61 bits per heavy atom. The maximum Gasteiger partial charge on any atom is 0.220 e. The molecule has 0 saturated heterocycles. The number of aryl methyl sites for hydroxylation is 1. The van der Waals surface area contributed by atoms with Gasteiger partial charge in [-0.15, -0.1) is 0 Å². The highest BCUT2D eigenvalue weighted by molar-refractivity contribution is 5.76. The first-order valence-electron chi connectivity index (χ1n) is 6.39. The van der Waals surface area contributed by atoms with Crippen molar-refractivity contribution >= 4 is 5.91 Å². The third-order valence-corrected chi connectivity index (χ3v) is 3.34. The molecule has 1 amide bonds. The van der Waals surface area contributed by atoms with E-state index in [2.05, 4.69) is 5.32 Å². The molecular weight excluding hydrogens is 231 g/mol. The lowest BCUT2D eigenvalue weighted by Gasteiger charge is -2.14. The number of carbonyl (C=O) groups is 1. The highest BCUT2D eigenvalue weighted by atomic mass is 19.1. The summed E-state index contributed by atoms with van der Waals surface area (Å²) in [4.78, 5) is 11.7. The number of amides is 1. The minimum absolute atomic E-state index is 0.0227. The number of nitrogens with one attached hydrogen (secondary N) is 1. The van der Waals surface area contributed by atoms with Gasteiger partial charge < -0.3 is 11.1 Å². The fourth-order valence-corrected chi connectivity index (χ4v) is 2.36. The van der Waals surface area contributed by atoms with Crippen LogP contribution in [-0.2, 0) is 11.2 Å². The van der Waals surface area contributed by atoms with Gasteiger partial charge >= 0.3 is 0 Å². The molecule has 1 aromatic carbocycles. The van der Waals surface area contributed by atoms with Crippen molar-refractivity contribution < 1.29 is 9.18 Å². The van der Waals surface area contributed by atoms with Crippen molar-refractivity contribution in [1.82, 2.24) is 5.32 Å². The largest absolute Gasteiger partial charge is 0.349 e. The van der Waals surface area contributed by atoms with Crippen LogP contribution >= 0.6 is 0 Å². The van der Waals surface area contributed by atoms with E-state index >= 15 is 0 Å². The maximum absolute atomic E-state index is 13.1. The smallest absolute Gasteiger partial charge is 0.220 e. The molecule has 1 aromatic rings. The highest BCUT2D eigenvalue weighted by Gasteiger charge is 2.24. The fraction of sp³-hybridized carbons (Fsp3) is 0.500. The number of fused-ring (bicyclic) bond motifs is 1. The molecular formula is C14H19FN2O. The zero-order chi connectivity index (χ0) is 13.1. The van der Waals surface area contributed by atoms with Crippen LogP contribution in [0.5, 0.6) is 0 Å². The first-order chi connectivity index (χ1) is 8.56. The quantitative estimate of drug-likeness (QED) is 0.859. The van der Waals surface area contributed by atoms with Crippen LogP contribution in [0.4, 0.5) is 4.39 Å². The number of hydrogen-bond acceptors (Lipinski definition) is 2. The minimum atomic E-state index is -0.210. The van der Waals surface area contributed by atoms with Gasteiger partial charge in [-0.1, -0.05) is 6.07 Å². The summed E-state index contributed by atoms with van der Waals surface area (Å²) >= 11 is 0. The van der Waals surface area contributed by atoms with Crippen LogP contribution in [-0.4, -0.2) is 11.9 Å². The normalized spacial score (nSPS) is 19.4. The number of benzene rings is 1. The lowest BCUT2D eigenvalue weighted by Crippen LogP contribution is -2.28. The Labute approximate surface area is 107 Å². The van der Waals surface area contributed by atoms with Crippen molar-refractivity contribution in [2.75, 3.05) is 0 Å². The molecule has 18 heavy (non-hydrogen) atoms. The monoisotopic (exact) mass is 250 g/mol. The van der Waals surface area contributed by atoms with Gasteiger partial charge in [0.2, 0.25) is 5.91 Å². The second-order valence-electron chi connectivity index (χ2n) is 5.02. The Morgan fingerprint density at radius 3 is 3.11 bits per heavy atom. The standard InChI is InChI=1S/C14H19FN2O/c1-9(16)2-7-14(18)17-13-6-3-10-8-11(15)4-5-12(10)13/h4-5,8-9,13H,2-3,6-7,16H2,1H3,(H,17,18). The van der Waals surface area contributed by atoms with Gasteiger partial charge in [-0.2, -0.15) is 0 Å². The summed E-state index contributed by atoms with van der Waals surface area (Å²) in [6.07, 6.45) is 2.81. The fourth-order valence-electron chi connectivity index (χ4n) is 2.36. The van der Waals surface area contributed by atoms with Crippen LogP contribution in [0.1, 0.15) is 43.4 Å². The lowest BCUT2D eigenvalue weighted by atomic mass is 10.1. The van der Waals surface area contributed by atoms with Crippen LogP contribution in [0.2, 0.25) is 0 Å². The van der Waals surface area contributed by atoms with Crippen molar-refractivity contribution in [1.29, 1.82) is 0 Å². The number of carbonyl (C=O) groups excluding carboxylic acids is 1. The molecule has 3 nitrogen and oxygen atoms in total. The van der Waals surface area contributed by atoms with Crippen LogP contribution < -0.4 is 11.1 Å². The zero-order valence-corrected chi connectivity index (χ0v) is 10.6. The van der Waals surface area contributed by atoms with Crippen molar-refractivity contribution in [3.63, 3.8) is 0 Å². The average molecular weight is 250 g/mol. The summed E-state index contributed by atoms with van der Waals surface area (Å²) in [5.74, 6) is -0.188. The second-order valence-corrected chi connectivity index (χ2v) is 5.02. The van der Waals surface area contributed by atoms with Gasteiger partial charge in [-0.25, -0.2) is 4.39 Å². The van der Waals surface area contributed by atoms with E-state index in [0.29, 0.717) is 12.8 Å². The van der Waals surface area contributed by atoms with Crippen LogP contribution in [0, 0.1) is 5.82 Å². The van der Waals surface area contributed by atoms with Gasteiger partial charge in [-0.05, 0) is 49.4 Å². The number of halogens is 1. The Morgan fingerprint density at radius 2 is 2.39 bits per heavy atom. The summed E-state index contributed by atoms with van der Waals surface area (Å²) < 4.78 is 13.1. The van der Waals surface area contributed by atoms with Gasteiger partial charge in [0.25, 0.3) is 0 Å². The molecule has 4 heteroatoms. The molecule has 0 aliphatic heterocycles. The van der Waals surface area contributed by atoms with E-state index in [1.54, 1.807) is 12.1 Å². The topological polar surface area (TPSA) is 55.1 Å². The Kier molecular flexibility index (Phi) is 3.97. The van der Waals surface area contributed by atoms with Crippen molar-refractivity contribution in [3.05, 3.63) is 35.1 Å². The van der Waals surface area contributed by atoms with E-state index < -0.39 is 0 Å². The van der Waals surface area contributed by atoms with Crippen LogP contribution in [0.25, 0.3) is 0 Å². The Bertz CT molecular complexity index is 445. The number of nitrogens with two attached hydrogens (primary N) is 1. The Hall–Kier alpha value is -1.42. The van der Waals surface area contributed by atoms with Gasteiger partial charge in [0, 0.05) is 12.5 Å². The maximum atomic E-state index is 13.1. The molecule has 0 fully saturated rings. The first kappa shape index (κ1) is 13.0.